The lowest BCUT2D eigenvalue weighted by Crippen LogP contribution is -2.36. The first-order chi connectivity index (χ1) is 19.0. The molecule has 0 bridgehead atoms. The summed E-state index contributed by atoms with van der Waals surface area (Å²) in [5, 5.41) is 0.928. The maximum absolute atomic E-state index is 15.3. The minimum atomic E-state index is -0.688. The molecule has 6 rings (SSSR count). The molecule has 0 radical (unpaired) electrons. The normalized spacial score (nSPS) is 15.7. The number of fused-ring (bicyclic) bond motifs is 1. The highest BCUT2D eigenvalue weighted by atomic mass is 32.1. The number of esters is 1. The summed E-state index contributed by atoms with van der Waals surface area (Å²) in [5.41, 5.74) is 2.63. The summed E-state index contributed by atoms with van der Waals surface area (Å²) in [6.07, 6.45) is 3.58. The van der Waals surface area contributed by atoms with E-state index in [1.807, 2.05) is 29.2 Å². The van der Waals surface area contributed by atoms with Crippen LogP contribution in [0.2, 0.25) is 0 Å². The van der Waals surface area contributed by atoms with Gasteiger partial charge in [-0.15, -0.1) is 0 Å². The summed E-state index contributed by atoms with van der Waals surface area (Å²) in [6, 6.07) is 12.2. The monoisotopic (exact) mass is 548 g/mol. The summed E-state index contributed by atoms with van der Waals surface area (Å²) in [6.45, 7) is 6.43. The highest BCUT2D eigenvalue weighted by Crippen LogP contribution is 2.33. The molecule has 0 atom stereocenters. The zero-order chi connectivity index (χ0) is 26.9. The van der Waals surface area contributed by atoms with Crippen LogP contribution in [0.3, 0.4) is 0 Å². The molecule has 10 heteroatoms. The summed E-state index contributed by atoms with van der Waals surface area (Å²) < 4.78 is 28.6. The van der Waals surface area contributed by atoms with Gasteiger partial charge in [0.2, 0.25) is 0 Å². The molecule has 2 aliphatic heterocycles. The van der Waals surface area contributed by atoms with E-state index < -0.39 is 11.4 Å². The van der Waals surface area contributed by atoms with E-state index in [0.717, 1.165) is 60.1 Å². The van der Waals surface area contributed by atoms with Crippen molar-refractivity contribution >= 4 is 38.3 Å². The van der Waals surface area contributed by atoms with E-state index in [9.17, 15) is 9.59 Å². The van der Waals surface area contributed by atoms with Crippen molar-refractivity contribution in [1.29, 1.82) is 0 Å². The number of hydrogen-bond donors (Lipinski definition) is 0. The fourth-order valence-corrected chi connectivity index (χ4v) is 6.20. The van der Waals surface area contributed by atoms with Gasteiger partial charge in [-0.1, -0.05) is 17.4 Å². The predicted octanol–water partition coefficient (Wildman–Crippen LogP) is 4.87. The third-order valence-electron chi connectivity index (χ3n) is 7.16. The Kier molecular flexibility index (Phi) is 7.05. The third-order valence-corrected chi connectivity index (χ3v) is 8.24. The zero-order valence-corrected chi connectivity index (χ0v) is 22.5. The lowest BCUT2D eigenvalue weighted by molar-refractivity contribution is 0.0524. The maximum Gasteiger partial charge on any atom is 0.343 e. The average Bonchev–Trinajstić information content (AvgIpc) is 3.63. The van der Waals surface area contributed by atoms with Crippen LogP contribution < -0.4 is 15.2 Å². The van der Waals surface area contributed by atoms with Crippen LogP contribution in [0.15, 0.2) is 53.5 Å². The molecule has 0 N–H and O–H groups in total. The van der Waals surface area contributed by atoms with Crippen molar-refractivity contribution in [3.8, 4) is 16.9 Å². The molecule has 0 amide bonds. The zero-order valence-electron chi connectivity index (χ0n) is 21.7. The molecular weight excluding hydrogens is 519 g/mol. The van der Waals surface area contributed by atoms with Crippen LogP contribution in [0.5, 0.6) is 0 Å². The molecule has 2 fully saturated rings. The number of carbonyl (C=O) groups excluding carboxylic acids is 1. The Hall–Kier alpha value is -3.76. The van der Waals surface area contributed by atoms with Crippen molar-refractivity contribution in [3.05, 3.63) is 70.3 Å². The van der Waals surface area contributed by atoms with Crippen molar-refractivity contribution < 1.29 is 18.7 Å². The summed E-state index contributed by atoms with van der Waals surface area (Å²) in [5.74, 6) is -1.03. The molecule has 2 aliphatic rings. The van der Waals surface area contributed by atoms with Gasteiger partial charge in [-0.3, -0.25) is 4.79 Å². The summed E-state index contributed by atoms with van der Waals surface area (Å²) in [7, 11) is 0. The van der Waals surface area contributed by atoms with E-state index in [-0.39, 0.29) is 18.0 Å². The van der Waals surface area contributed by atoms with Gasteiger partial charge in [0, 0.05) is 49.7 Å². The SMILES string of the molecule is CCOC(=O)c1cn(-c2ccc3nc(N4CCOCC4)sc3c2)c(-c2ccc(N3CCCC3)c(F)c2)cc1=O. The van der Waals surface area contributed by atoms with Crippen LogP contribution in [0.4, 0.5) is 15.2 Å². The fourth-order valence-electron chi connectivity index (χ4n) is 5.15. The molecule has 4 aromatic rings. The Labute approximate surface area is 229 Å². The number of ether oxygens (including phenoxy) is 2. The fraction of sp³-hybridized carbons (Fsp3) is 0.345. The van der Waals surface area contributed by atoms with Gasteiger partial charge in [0.25, 0.3) is 0 Å². The van der Waals surface area contributed by atoms with Gasteiger partial charge in [-0.2, -0.15) is 0 Å². The minimum Gasteiger partial charge on any atom is -0.462 e. The molecule has 39 heavy (non-hydrogen) atoms. The number of benzene rings is 2. The Morgan fingerprint density at radius 2 is 1.85 bits per heavy atom. The van der Waals surface area contributed by atoms with Crippen LogP contribution >= 0.6 is 11.3 Å². The molecule has 0 saturated carbocycles. The number of aromatic nitrogens is 2. The number of rotatable bonds is 6. The van der Waals surface area contributed by atoms with Gasteiger partial charge in [0.15, 0.2) is 10.6 Å². The minimum absolute atomic E-state index is 0.0758. The second kappa shape index (κ2) is 10.8. The number of thiazole rings is 1. The number of pyridine rings is 1. The Balaban J connectivity index is 1.45. The topological polar surface area (TPSA) is 76.9 Å². The molecule has 202 valence electrons. The quantitative estimate of drug-likeness (QED) is 0.318. The molecule has 8 nitrogen and oxygen atoms in total. The van der Waals surface area contributed by atoms with Gasteiger partial charge in [0.1, 0.15) is 11.4 Å². The van der Waals surface area contributed by atoms with Crippen LogP contribution in [0, 0.1) is 5.82 Å². The number of nitrogens with zero attached hydrogens (tertiary/aromatic N) is 4. The molecule has 2 aromatic heterocycles. The first-order valence-corrected chi connectivity index (χ1v) is 14.1. The maximum atomic E-state index is 15.3. The van der Waals surface area contributed by atoms with Crippen molar-refractivity contribution in [1.82, 2.24) is 9.55 Å². The molecule has 0 aliphatic carbocycles. The second-order valence-electron chi connectivity index (χ2n) is 9.64. The smallest absolute Gasteiger partial charge is 0.343 e. The van der Waals surface area contributed by atoms with E-state index >= 15 is 4.39 Å². The number of halogens is 1. The van der Waals surface area contributed by atoms with Gasteiger partial charge >= 0.3 is 5.97 Å². The van der Waals surface area contributed by atoms with Crippen molar-refractivity contribution in [2.24, 2.45) is 0 Å². The first kappa shape index (κ1) is 25.5. The average molecular weight is 549 g/mol. The van der Waals surface area contributed by atoms with Crippen LogP contribution in [0.1, 0.15) is 30.1 Å². The lowest BCUT2D eigenvalue weighted by atomic mass is 10.1. The van der Waals surface area contributed by atoms with Gasteiger partial charge in [0.05, 0.1) is 41.4 Å². The van der Waals surface area contributed by atoms with E-state index in [1.165, 1.54) is 18.3 Å². The molecular formula is C29H29FN4O4S. The Morgan fingerprint density at radius 1 is 1.05 bits per heavy atom. The number of anilines is 2. The molecule has 2 aromatic carbocycles. The molecule has 2 saturated heterocycles. The van der Waals surface area contributed by atoms with Crippen molar-refractivity contribution in [2.45, 2.75) is 19.8 Å². The first-order valence-electron chi connectivity index (χ1n) is 13.2. The Morgan fingerprint density at radius 3 is 2.59 bits per heavy atom. The van der Waals surface area contributed by atoms with E-state index in [2.05, 4.69) is 4.90 Å². The van der Waals surface area contributed by atoms with Gasteiger partial charge < -0.3 is 23.8 Å². The van der Waals surface area contributed by atoms with Crippen molar-refractivity contribution in [2.75, 3.05) is 55.8 Å². The van der Waals surface area contributed by atoms with E-state index in [4.69, 9.17) is 14.5 Å². The largest absolute Gasteiger partial charge is 0.462 e. The molecule has 4 heterocycles. The Bertz CT molecular complexity index is 1590. The van der Waals surface area contributed by atoms with Crippen LogP contribution in [-0.4, -0.2) is 61.5 Å². The number of morpholine rings is 1. The standard InChI is InChI=1S/C29H29FN4O4S/c1-2-38-28(36)21-18-34(20-6-7-23-27(16-20)39-29(31-23)33-11-13-37-14-12-33)25(17-26(21)35)19-5-8-24(22(30)15-19)32-9-3-4-10-32/h5-8,15-18H,2-4,9-14H2,1H3. The highest BCUT2D eigenvalue weighted by Gasteiger charge is 2.21. The highest BCUT2D eigenvalue weighted by molar-refractivity contribution is 7.22. The van der Waals surface area contributed by atoms with Gasteiger partial charge in [-0.05, 0) is 50.1 Å². The van der Waals surface area contributed by atoms with Crippen LogP contribution in [-0.2, 0) is 9.47 Å². The van der Waals surface area contributed by atoms with Crippen LogP contribution in [0.25, 0.3) is 27.2 Å². The molecule has 0 unspecified atom stereocenters. The van der Waals surface area contributed by atoms with Gasteiger partial charge in [-0.25, -0.2) is 14.2 Å². The predicted molar refractivity (Wildman–Crippen MR) is 151 cm³/mol. The van der Waals surface area contributed by atoms with E-state index in [1.54, 1.807) is 28.9 Å². The number of carbonyl (C=O) groups is 1. The third kappa shape index (κ3) is 5.02. The second-order valence-corrected chi connectivity index (χ2v) is 10.6. The number of hydrogen-bond acceptors (Lipinski definition) is 8. The molecule has 0 spiro atoms. The summed E-state index contributed by atoms with van der Waals surface area (Å²) in [4.78, 5) is 34.7. The lowest BCUT2D eigenvalue weighted by Gasteiger charge is -2.25. The van der Waals surface area contributed by atoms with E-state index in [0.29, 0.717) is 30.2 Å². The van der Waals surface area contributed by atoms with Crippen molar-refractivity contribution in [3.63, 3.8) is 0 Å². The summed E-state index contributed by atoms with van der Waals surface area (Å²) >= 11 is 1.58.